The molecule has 1 saturated heterocycles. The van der Waals surface area contributed by atoms with Gasteiger partial charge < -0.3 is 0 Å². The molecule has 0 aromatic heterocycles. The van der Waals surface area contributed by atoms with E-state index < -0.39 is 34.1 Å². The van der Waals surface area contributed by atoms with Crippen LogP contribution in [0.25, 0.3) is 6.08 Å². The molecule has 1 aliphatic heterocycles. The van der Waals surface area contributed by atoms with Gasteiger partial charge in [-0.1, -0.05) is 54.3 Å². The van der Waals surface area contributed by atoms with Gasteiger partial charge in [-0.3, -0.25) is 40.2 Å². The van der Waals surface area contributed by atoms with E-state index >= 15 is 0 Å². The monoisotopic (exact) mass is 474 g/mol. The lowest BCUT2D eigenvalue weighted by Crippen LogP contribution is -2.43. The van der Waals surface area contributed by atoms with Crippen LogP contribution in [0.5, 0.6) is 0 Å². The molecule has 3 rings (SSSR count). The molecule has 0 bridgehead atoms. The predicted molar refractivity (Wildman–Crippen MR) is 120 cm³/mol. The first-order chi connectivity index (χ1) is 15.3. The Balaban J connectivity index is 1.55. The molecule has 0 saturated carbocycles. The van der Waals surface area contributed by atoms with Crippen LogP contribution in [0.3, 0.4) is 0 Å². The number of carbonyl (C=O) groups excluding carboxylic acids is 3. The number of hydrogen-bond acceptors (Lipinski definition) is 7. The number of amides is 3. The first-order valence-electron chi connectivity index (χ1n) is 9.10. The van der Waals surface area contributed by atoms with Gasteiger partial charge >= 0.3 is 0 Å². The largest absolute Gasteiger partial charge is 0.292 e. The number of halogens is 1. The molecular weight excluding hydrogens is 459 g/mol. The van der Waals surface area contributed by atoms with Crippen LogP contribution in [0.15, 0.2) is 53.4 Å². The number of nitro benzene ring substituents is 1. The normalized spacial score (nSPS) is 14.5. The first-order valence-corrected chi connectivity index (χ1v) is 10.3. The molecule has 1 heterocycles. The number of hydrazine groups is 1. The molecule has 1 aliphatic rings. The number of nitrogens with one attached hydrogen (secondary N) is 2. The zero-order chi connectivity index (χ0) is 23.3. The van der Waals surface area contributed by atoms with E-state index in [2.05, 4.69) is 10.9 Å². The Hall–Kier alpha value is -3.64. The smallest absolute Gasteiger partial charge is 0.282 e. The Labute approximate surface area is 190 Å². The van der Waals surface area contributed by atoms with Crippen molar-refractivity contribution in [2.75, 3.05) is 6.54 Å². The Kier molecular flexibility index (Phi) is 7.28. The maximum Gasteiger partial charge on any atom is 0.282 e. The predicted octanol–water partition coefficient (Wildman–Crippen LogP) is 2.79. The molecule has 2 aromatic carbocycles. The van der Waals surface area contributed by atoms with Crippen LogP contribution in [0.2, 0.25) is 0 Å². The van der Waals surface area contributed by atoms with Crippen molar-refractivity contribution < 1.29 is 23.7 Å². The van der Waals surface area contributed by atoms with E-state index in [1.54, 1.807) is 6.07 Å². The van der Waals surface area contributed by atoms with Crippen molar-refractivity contribution in [3.05, 3.63) is 80.5 Å². The average molecular weight is 474 g/mol. The van der Waals surface area contributed by atoms with Gasteiger partial charge in [-0.15, -0.1) is 0 Å². The van der Waals surface area contributed by atoms with Crippen LogP contribution in [-0.4, -0.2) is 38.4 Å². The summed E-state index contributed by atoms with van der Waals surface area (Å²) in [7, 11) is 0. The van der Waals surface area contributed by atoms with Crippen molar-refractivity contribution in [2.45, 2.75) is 6.42 Å². The van der Waals surface area contributed by atoms with Crippen molar-refractivity contribution >= 4 is 57.8 Å². The Morgan fingerprint density at radius 2 is 1.84 bits per heavy atom. The van der Waals surface area contributed by atoms with Crippen LogP contribution in [0, 0.1) is 15.9 Å². The molecule has 2 N–H and O–H groups in total. The third-order valence-electron chi connectivity index (χ3n) is 4.29. The summed E-state index contributed by atoms with van der Waals surface area (Å²) in [6.07, 6.45) is 1.19. The standard InChI is InChI=1S/C20H15FN4O5S2/c21-14-7-3-1-5-12(14)11-16-19(28)24(20(31)32-16)10-9-17(26)22-23-18(27)13-6-2-4-8-15(13)25(29)30/h1-8,11H,9-10H2,(H,22,26)(H,23,27)/b16-11+. The molecule has 0 radical (unpaired) electrons. The van der Waals surface area contributed by atoms with Crippen LogP contribution in [-0.2, 0) is 9.59 Å². The van der Waals surface area contributed by atoms with Gasteiger partial charge in [-0.2, -0.15) is 0 Å². The highest BCUT2D eigenvalue weighted by Crippen LogP contribution is 2.32. The third kappa shape index (κ3) is 5.34. The first kappa shape index (κ1) is 23.0. The van der Waals surface area contributed by atoms with Crippen molar-refractivity contribution in [1.82, 2.24) is 15.8 Å². The number of carbonyl (C=O) groups is 3. The van der Waals surface area contributed by atoms with Gasteiger partial charge in [0, 0.05) is 24.6 Å². The Morgan fingerprint density at radius 1 is 1.16 bits per heavy atom. The highest BCUT2D eigenvalue weighted by atomic mass is 32.2. The maximum absolute atomic E-state index is 13.8. The molecule has 2 aromatic rings. The second-order valence-electron chi connectivity index (χ2n) is 6.38. The number of thiocarbonyl (C=S) groups is 1. The third-order valence-corrected chi connectivity index (χ3v) is 5.67. The van der Waals surface area contributed by atoms with E-state index in [-0.39, 0.29) is 33.3 Å². The van der Waals surface area contributed by atoms with Crippen molar-refractivity contribution in [2.24, 2.45) is 0 Å². The van der Waals surface area contributed by atoms with E-state index in [4.69, 9.17) is 12.2 Å². The number of hydrogen-bond donors (Lipinski definition) is 2. The SMILES string of the molecule is O=C(CCN1C(=O)/C(=C\c2ccccc2F)SC1=S)NNC(=O)c1ccccc1[N+](=O)[O-]. The van der Waals surface area contributed by atoms with Crippen molar-refractivity contribution in [3.63, 3.8) is 0 Å². The minimum absolute atomic E-state index is 0.0630. The Morgan fingerprint density at radius 3 is 2.56 bits per heavy atom. The summed E-state index contributed by atoms with van der Waals surface area (Å²) in [5.74, 6) is -2.43. The fourth-order valence-electron chi connectivity index (χ4n) is 2.72. The summed E-state index contributed by atoms with van der Waals surface area (Å²) in [6.45, 7) is -0.0630. The average Bonchev–Trinajstić information content (AvgIpc) is 3.04. The molecule has 0 atom stereocenters. The van der Waals surface area contributed by atoms with Crippen LogP contribution in [0.1, 0.15) is 22.3 Å². The molecule has 9 nitrogen and oxygen atoms in total. The number of nitrogens with zero attached hydrogens (tertiary/aromatic N) is 2. The summed E-state index contributed by atoms with van der Waals surface area (Å²) < 4.78 is 14.0. The zero-order valence-electron chi connectivity index (χ0n) is 16.2. The van der Waals surface area contributed by atoms with Crippen LogP contribution >= 0.6 is 24.0 Å². The molecule has 1 fully saturated rings. The zero-order valence-corrected chi connectivity index (χ0v) is 17.9. The second kappa shape index (κ2) is 10.1. The minimum Gasteiger partial charge on any atom is -0.292 e. The molecule has 164 valence electrons. The summed E-state index contributed by atoms with van der Waals surface area (Å²) in [6, 6.07) is 11.3. The van der Waals surface area contributed by atoms with E-state index in [9.17, 15) is 28.9 Å². The molecule has 3 amide bonds. The number of benzene rings is 2. The van der Waals surface area contributed by atoms with Crippen LogP contribution < -0.4 is 10.9 Å². The minimum atomic E-state index is -0.857. The van der Waals surface area contributed by atoms with E-state index in [0.717, 1.165) is 11.8 Å². The van der Waals surface area contributed by atoms with Crippen molar-refractivity contribution in [3.8, 4) is 0 Å². The highest BCUT2D eigenvalue weighted by molar-refractivity contribution is 8.26. The lowest BCUT2D eigenvalue weighted by atomic mass is 10.2. The fourth-order valence-corrected chi connectivity index (χ4v) is 4.02. The number of rotatable bonds is 6. The molecular formula is C20H15FN4O5S2. The quantitative estimate of drug-likeness (QED) is 0.286. The van der Waals surface area contributed by atoms with Gasteiger partial charge in [0.1, 0.15) is 15.7 Å². The molecule has 12 heteroatoms. The number of nitro groups is 1. The Bertz CT molecular complexity index is 1150. The number of thioether (sulfide) groups is 1. The van der Waals surface area contributed by atoms with Gasteiger partial charge in [0.05, 0.1) is 9.83 Å². The second-order valence-corrected chi connectivity index (χ2v) is 8.06. The maximum atomic E-state index is 13.8. The topological polar surface area (TPSA) is 122 Å². The lowest BCUT2D eigenvalue weighted by Gasteiger charge is -2.14. The summed E-state index contributed by atoms with van der Waals surface area (Å²) >= 11 is 6.17. The molecule has 0 aliphatic carbocycles. The summed E-state index contributed by atoms with van der Waals surface area (Å²) in [5.41, 5.74) is 3.87. The van der Waals surface area contributed by atoms with Crippen molar-refractivity contribution in [1.29, 1.82) is 0 Å². The molecule has 0 spiro atoms. The van der Waals surface area contributed by atoms with Gasteiger partial charge in [-0.25, -0.2) is 4.39 Å². The van der Waals surface area contributed by atoms with E-state index in [0.29, 0.717) is 0 Å². The number of para-hydroxylation sites is 1. The van der Waals surface area contributed by atoms with E-state index in [1.807, 2.05) is 0 Å². The van der Waals surface area contributed by atoms with E-state index in [1.165, 1.54) is 53.4 Å². The molecule has 0 unspecified atom stereocenters. The highest BCUT2D eigenvalue weighted by Gasteiger charge is 2.32. The fraction of sp³-hybridized carbons (Fsp3) is 0.100. The van der Waals surface area contributed by atoms with Gasteiger partial charge in [0.25, 0.3) is 17.5 Å². The summed E-state index contributed by atoms with van der Waals surface area (Å²) in [4.78, 5) is 48.5. The van der Waals surface area contributed by atoms with Crippen LogP contribution in [0.4, 0.5) is 10.1 Å². The van der Waals surface area contributed by atoms with Gasteiger partial charge in [0.2, 0.25) is 5.91 Å². The molecule has 32 heavy (non-hydrogen) atoms. The summed E-state index contributed by atoms with van der Waals surface area (Å²) in [5, 5.41) is 11.0. The lowest BCUT2D eigenvalue weighted by molar-refractivity contribution is -0.385. The van der Waals surface area contributed by atoms with Gasteiger partial charge in [-0.05, 0) is 18.2 Å². The van der Waals surface area contributed by atoms with Gasteiger partial charge in [0.15, 0.2) is 0 Å².